The first-order valence-corrected chi connectivity index (χ1v) is 8.41. The number of carbonyl (C=O) groups excluding carboxylic acids is 1. The van der Waals surface area contributed by atoms with E-state index in [-0.39, 0.29) is 17.2 Å². The van der Waals surface area contributed by atoms with Crippen LogP contribution < -0.4 is 5.32 Å². The normalized spacial score (nSPS) is 18.0. The Balaban J connectivity index is 1.81. The highest BCUT2D eigenvalue weighted by Gasteiger charge is 2.27. The van der Waals surface area contributed by atoms with Crippen LogP contribution in [0.5, 0.6) is 0 Å². The van der Waals surface area contributed by atoms with Crippen LogP contribution in [0.15, 0.2) is 29.4 Å². The maximum absolute atomic E-state index is 12.5. The average molecular weight is 316 g/mol. The molecule has 1 aromatic carbocycles. The molecule has 0 aliphatic carbocycles. The molecule has 0 radical (unpaired) electrons. The number of thioether (sulfide) groups is 1. The van der Waals surface area contributed by atoms with E-state index in [1.165, 1.54) is 17.3 Å². The molecule has 0 spiro atoms. The molecule has 0 unspecified atom stereocenters. The fraction of sp³-hybridized carbons (Fsp3) is 0.438. The van der Waals surface area contributed by atoms with Crippen LogP contribution in [0.25, 0.3) is 0 Å². The SMILES string of the molecule is Cc1nnc(S[C@@H]2CCc3ccccc3NC2=O)n1C(C)C. The van der Waals surface area contributed by atoms with Gasteiger partial charge in [-0.05, 0) is 45.2 Å². The van der Waals surface area contributed by atoms with Gasteiger partial charge in [0.25, 0.3) is 0 Å². The summed E-state index contributed by atoms with van der Waals surface area (Å²) in [6.45, 7) is 6.15. The Hall–Kier alpha value is -1.82. The molecule has 0 fully saturated rings. The van der Waals surface area contributed by atoms with Crippen molar-refractivity contribution < 1.29 is 4.79 Å². The molecular formula is C16H20N4OS. The fourth-order valence-electron chi connectivity index (χ4n) is 2.76. The molecule has 0 saturated heterocycles. The second-order valence-corrected chi connectivity index (χ2v) is 6.95. The molecule has 5 nitrogen and oxygen atoms in total. The maximum Gasteiger partial charge on any atom is 0.237 e. The minimum atomic E-state index is -0.145. The van der Waals surface area contributed by atoms with Crippen LogP contribution in [-0.2, 0) is 11.2 Å². The third kappa shape index (κ3) is 2.88. The number of carbonyl (C=O) groups is 1. The maximum atomic E-state index is 12.5. The van der Waals surface area contributed by atoms with E-state index in [0.29, 0.717) is 0 Å². The molecule has 1 aliphatic heterocycles. The molecule has 3 rings (SSSR count). The largest absolute Gasteiger partial charge is 0.325 e. The van der Waals surface area contributed by atoms with Crippen molar-refractivity contribution >= 4 is 23.4 Å². The van der Waals surface area contributed by atoms with Crippen molar-refractivity contribution in [2.75, 3.05) is 5.32 Å². The van der Waals surface area contributed by atoms with E-state index in [2.05, 4.69) is 40.0 Å². The van der Waals surface area contributed by atoms with Gasteiger partial charge in [-0.25, -0.2) is 0 Å². The fourth-order valence-corrected chi connectivity index (χ4v) is 3.96. The number of rotatable bonds is 3. The summed E-state index contributed by atoms with van der Waals surface area (Å²) in [5, 5.41) is 12.1. The van der Waals surface area contributed by atoms with Gasteiger partial charge >= 0.3 is 0 Å². The summed E-state index contributed by atoms with van der Waals surface area (Å²) in [5.41, 5.74) is 2.12. The molecule has 22 heavy (non-hydrogen) atoms. The Morgan fingerprint density at radius 2 is 2.09 bits per heavy atom. The molecule has 1 aromatic heterocycles. The van der Waals surface area contributed by atoms with Crippen LogP contribution in [-0.4, -0.2) is 25.9 Å². The first-order valence-electron chi connectivity index (χ1n) is 7.53. The van der Waals surface area contributed by atoms with Gasteiger partial charge in [0.15, 0.2) is 5.16 Å². The predicted molar refractivity (Wildman–Crippen MR) is 88.2 cm³/mol. The molecule has 1 atom stereocenters. The van der Waals surface area contributed by atoms with Gasteiger partial charge < -0.3 is 9.88 Å². The van der Waals surface area contributed by atoms with Crippen LogP contribution >= 0.6 is 11.8 Å². The summed E-state index contributed by atoms with van der Waals surface area (Å²) >= 11 is 1.51. The number of nitrogens with zero attached hydrogens (tertiary/aromatic N) is 3. The molecular weight excluding hydrogens is 296 g/mol. The number of para-hydroxylation sites is 1. The molecule has 1 aliphatic rings. The lowest BCUT2D eigenvalue weighted by molar-refractivity contribution is -0.115. The Kier molecular flexibility index (Phi) is 4.20. The highest BCUT2D eigenvalue weighted by molar-refractivity contribution is 8.00. The number of aromatic nitrogens is 3. The zero-order chi connectivity index (χ0) is 15.7. The molecule has 2 aromatic rings. The lowest BCUT2D eigenvalue weighted by atomic mass is 10.1. The Morgan fingerprint density at radius 3 is 2.86 bits per heavy atom. The Morgan fingerprint density at radius 1 is 1.32 bits per heavy atom. The lowest BCUT2D eigenvalue weighted by Gasteiger charge is -2.15. The van der Waals surface area contributed by atoms with Gasteiger partial charge in [0.1, 0.15) is 5.82 Å². The van der Waals surface area contributed by atoms with Gasteiger partial charge in [-0.15, -0.1) is 10.2 Å². The molecule has 0 bridgehead atoms. The molecule has 6 heteroatoms. The highest BCUT2D eigenvalue weighted by Crippen LogP contribution is 2.32. The van der Waals surface area contributed by atoms with E-state index < -0.39 is 0 Å². The zero-order valence-corrected chi connectivity index (χ0v) is 13.9. The predicted octanol–water partition coefficient (Wildman–Crippen LogP) is 3.21. The summed E-state index contributed by atoms with van der Waals surface area (Å²) < 4.78 is 2.08. The number of benzene rings is 1. The van der Waals surface area contributed by atoms with Crippen LogP contribution in [0.2, 0.25) is 0 Å². The second-order valence-electron chi connectivity index (χ2n) is 5.79. The number of fused-ring (bicyclic) bond motifs is 1. The van der Waals surface area contributed by atoms with E-state index in [9.17, 15) is 4.79 Å². The van der Waals surface area contributed by atoms with Crippen LogP contribution in [0.3, 0.4) is 0 Å². The third-order valence-electron chi connectivity index (χ3n) is 3.84. The molecule has 0 saturated carbocycles. The topological polar surface area (TPSA) is 59.8 Å². The highest BCUT2D eigenvalue weighted by atomic mass is 32.2. The first-order chi connectivity index (χ1) is 10.6. The van der Waals surface area contributed by atoms with Crippen molar-refractivity contribution in [2.24, 2.45) is 0 Å². The minimum absolute atomic E-state index is 0.0471. The van der Waals surface area contributed by atoms with E-state index in [1.54, 1.807) is 0 Å². The standard InChI is InChI=1S/C16H20N4OS/c1-10(2)20-11(3)18-19-16(20)22-14-9-8-12-6-4-5-7-13(12)17-15(14)21/h4-7,10,14H,8-9H2,1-3H3,(H,17,21)/t14-/m1/s1. The van der Waals surface area contributed by atoms with Crippen molar-refractivity contribution in [3.63, 3.8) is 0 Å². The summed E-state index contributed by atoms with van der Waals surface area (Å²) in [6, 6.07) is 8.27. The first kappa shape index (κ1) is 15.1. The van der Waals surface area contributed by atoms with Crippen molar-refractivity contribution in [3.8, 4) is 0 Å². The molecule has 2 heterocycles. The quantitative estimate of drug-likeness (QED) is 0.944. The third-order valence-corrected chi connectivity index (χ3v) is 5.07. The summed E-state index contributed by atoms with van der Waals surface area (Å²) in [6.07, 6.45) is 1.69. The summed E-state index contributed by atoms with van der Waals surface area (Å²) in [7, 11) is 0. The van der Waals surface area contributed by atoms with Crippen LogP contribution in [0, 0.1) is 6.92 Å². The van der Waals surface area contributed by atoms with Crippen molar-refractivity contribution in [3.05, 3.63) is 35.7 Å². The summed E-state index contributed by atoms with van der Waals surface area (Å²) in [4.78, 5) is 12.5. The van der Waals surface area contributed by atoms with E-state index in [1.807, 2.05) is 25.1 Å². The van der Waals surface area contributed by atoms with Gasteiger partial charge in [-0.1, -0.05) is 30.0 Å². The smallest absolute Gasteiger partial charge is 0.237 e. The molecule has 1 N–H and O–H groups in total. The zero-order valence-electron chi connectivity index (χ0n) is 13.0. The number of hydrogen-bond donors (Lipinski definition) is 1. The number of anilines is 1. The minimum Gasteiger partial charge on any atom is -0.325 e. The van der Waals surface area contributed by atoms with Crippen LogP contribution in [0.4, 0.5) is 5.69 Å². The van der Waals surface area contributed by atoms with Gasteiger partial charge in [0.05, 0.1) is 5.25 Å². The van der Waals surface area contributed by atoms with Crippen molar-refractivity contribution in [1.82, 2.24) is 14.8 Å². The number of nitrogens with one attached hydrogen (secondary N) is 1. The van der Waals surface area contributed by atoms with Gasteiger partial charge in [-0.2, -0.15) is 0 Å². The summed E-state index contributed by atoms with van der Waals surface area (Å²) in [5.74, 6) is 0.931. The average Bonchev–Trinajstić information content (AvgIpc) is 2.77. The number of amides is 1. The van der Waals surface area contributed by atoms with E-state index >= 15 is 0 Å². The lowest BCUT2D eigenvalue weighted by Crippen LogP contribution is -2.24. The molecule has 116 valence electrons. The van der Waals surface area contributed by atoms with Crippen LogP contribution in [0.1, 0.15) is 37.7 Å². The number of aryl methyl sites for hydroxylation is 2. The van der Waals surface area contributed by atoms with Gasteiger partial charge in [0, 0.05) is 11.7 Å². The second kappa shape index (κ2) is 6.12. The molecule has 1 amide bonds. The Bertz CT molecular complexity index is 695. The van der Waals surface area contributed by atoms with Crippen molar-refractivity contribution in [1.29, 1.82) is 0 Å². The Labute approximate surface area is 134 Å². The monoisotopic (exact) mass is 316 g/mol. The van der Waals surface area contributed by atoms with Crippen molar-refractivity contribution in [2.45, 2.75) is 50.1 Å². The van der Waals surface area contributed by atoms with Gasteiger partial charge in [-0.3, -0.25) is 4.79 Å². The number of hydrogen-bond acceptors (Lipinski definition) is 4. The van der Waals surface area contributed by atoms with E-state index in [0.717, 1.165) is 29.5 Å². The van der Waals surface area contributed by atoms with Gasteiger partial charge in [0.2, 0.25) is 5.91 Å². The van der Waals surface area contributed by atoms with E-state index in [4.69, 9.17) is 0 Å².